The van der Waals surface area contributed by atoms with E-state index in [4.69, 9.17) is 18.6 Å². The lowest BCUT2D eigenvalue weighted by atomic mass is 9.84. The Labute approximate surface area is 403 Å². The van der Waals surface area contributed by atoms with Gasteiger partial charge in [-0.2, -0.15) is 13.2 Å². The topological polar surface area (TPSA) is 124 Å². The molecule has 1 aliphatic heterocycles. The molecule has 0 unspecified atom stereocenters. The number of pyridine rings is 1. The number of carbonyl (C=O) groups excluding carboxylic acids is 1. The number of fused-ring (bicyclic) bond motifs is 1. The van der Waals surface area contributed by atoms with E-state index < -0.39 is 50.3 Å². The Morgan fingerprint density at radius 2 is 1.54 bits per heavy atom. The molecule has 7 rings (SSSR count). The van der Waals surface area contributed by atoms with Gasteiger partial charge in [0.2, 0.25) is 0 Å². The second kappa shape index (κ2) is 20.9. The number of morpholine rings is 1. The predicted molar refractivity (Wildman–Crippen MR) is 265 cm³/mol. The smallest absolute Gasteiger partial charge is 0.409 e. The van der Waals surface area contributed by atoms with E-state index in [2.05, 4.69) is 69.2 Å². The van der Waals surface area contributed by atoms with Crippen molar-refractivity contribution in [3.8, 4) is 11.3 Å². The van der Waals surface area contributed by atoms with Gasteiger partial charge in [0, 0.05) is 61.5 Å². The molecule has 0 spiro atoms. The van der Waals surface area contributed by atoms with Crippen LogP contribution in [0.5, 0.6) is 0 Å². The van der Waals surface area contributed by atoms with Crippen molar-refractivity contribution in [3.63, 3.8) is 0 Å². The molecule has 0 radical (unpaired) electrons. The van der Waals surface area contributed by atoms with Crippen molar-refractivity contribution in [2.24, 2.45) is 5.41 Å². The number of alkyl carbamates (subject to hydrolysis) is 1. The van der Waals surface area contributed by atoms with E-state index in [0.29, 0.717) is 52.1 Å². The van der Waals surface area contributed by atoms with Gasteiger partial charge in [-0.05, 0) is 75.6 Å². The summed E-state index contributed by atoms with van der Waals surface area (Å²) in [6.07, 6.45) is -4.38. The fraction of sp³-hybridized carbons (Fsp3) is 0.389. The minimum atomic E-state index is -4.59. The van der Waals surface area contributed by atoms with Crippen LogP contribution in [0.4, 0.5) is 23.7 Å². The average Bonchev–Trinajstić information content (AvgIpc) is 3.60. The van der Waals surface area contributed by atoms with Crippen LogP contribution in [-0.2, 0) is 43.0 Å². The Morgan fingerprint density at radius 3 is 2.13 bits per heavy atom. The van der Waals surface area contributed by atoms with Crippen molar-refractivity contribution >= 4 is 47.3 Å². The second-order valence-electron chi connectivity index (χ2n) is 19.7. The Morgan fingerprint density at radius 1 is 0.899 bits per heavy atom. The Bertz CT molecular complexity index is 2650. The van der Waals surface area contributed by atoms with Gasteiger partial charge in [0.05, 0.1) is 30.6 Å². The molecule has 0 bridgehead atoms. The number of nitrogens with one attached hydrogen (secondary N) is 1. The largest absolute Gasteiger partial charge is 0.481 e. The summed E-state index contributed by atoms with van der Waals surface area (Å²) in [5.74, 6) is -1.07. The maximum absolute atomic E-state index is 15.0. The van der Waals surface area contributed by atoms with Crippen molar-refractivity contribution < 1.29 is 46.5 Å². The standard InChI is InChI=1S/C54H63F3N4O7Si/c1-38(65-7)48-43(24-17-29-58-48)49-45(33-52(5,6)37-68-69(51(2,3)4,41-20-13-9-14-21-41)42-22-15-10-16-23-42)44-32-40(25-26-46(44)61(49)36-54(55,56)57)60-30-31-67-53(35-60,28-27-47(62)63)59-50(64)66-34-39-18-11-8-12-19-39/h8-26,29,32,38H,27-28,30-31,33-37H2,1-7H3,(H,59,64)(H,62,63)/t38-,53-/m0/s1. The van der Waals surface area contributed by atoms with Crippen LogP contribution in [0, 0.1) is 5.41 Å². The number of alkyl halides is 3. The minimum Gasteiger partial charge on any atom is -0.481 e. The van der Waals surface area contributed by atoms with Crippen LogP contribution in [0.25, 0.3) is 22.2 Å². The zero-order valence-corrected chi connectivity index (χ0v) is 41.4. The van der Waals surface area contributed by atoms with E-state index in [0.717, 1.165) is 15.9 Å². The highest BCUT2D eigenvalue weighted by Crippen LogP contribution is 2.44. The van der Waals surface area contributed by atoms with E-state index in [1.54, 1.807) is 37.6 Å². The van der Waals surface area contributed by atoms with Crippen LogP contribution in [0.2, 0.25) is 5.04 Å². The zero-order chi connectivity index (χ0) is 49.6. The molecule has 1 fully saturated rings. The number of rotatable bonds is 18. The summed E-state index contributed by atoms with van der Waals surface area (Å²) in [6.45, 7) is 12.1. The quantitative estimate of drug-likeness (QED) is 0.0810. The monoisotopic (exact) mass is 964 g/mol. The highest BCUT2D eigenvalue weighted by molar-refractivity contribution is 6.99. The van der Waals surface area contributed by atoms with Crippen LogP contribution >= 0.6 is 0 Å². The molecule has 15 heteroatoms. The lowest BCUT2D eigenvalue weighted by molar-refractivity contribution is -0.141. The number of aromatic nitrogens is 2. The molecule has 1 amide bonds. The van der Waals surface area contributed by atoms with E-state index in [-0.39, 0.29) is 44.2 Å². The van der Waals surface area contributed by atoms with Crippen LogP contribution in [0.15, 0.2) is 128 Å². The van der Waals surface area contributed by atoms with Gasteiger partial charge in [0.25, 0.3) is 8.32 Å². The number of ether oxygens (including phenoxy) is 3. The van der Waals surface area contributed by atoms with E-state index in [1.807, 2.05) is 84.6 Å². The Balaban J connectivity index is 1.35. The Kier molecular flexibility index (Phi) is 15.4. The normalized spacial score (nSPS) is 16.3. The summed E-state index contributed by atoms with van der Waals surface area (Å²) >= 11 is 0. The van der Waals surface area contributed by atoms with E-state index >= 15 is 0 Å². The molecule has 6 aromatic rings. The van der Waals surface area contributed by atoms with Gasteiger partial charge in [-0.25, -0.2) is 4.79 Å². The molecule has 366 valence electrons. The third-order valence-electron chi connectivity index (χ3n) is 12.9. The summed E-state index contributed by atoms with van der Waals surface area (Å²) in [7, 11) is -1.49. The third kappa shape index (κ3) is 11.7. The average molecular weight is 965 g/mol. The minimum absolute atomic E-state index is 0.0107. The second-order valence-corrected chi connectivity index (χ2v) is 24.0. The SMILES string of the molecule is CO[C@@H](C)c1ncccc1-c1c(CC(C)(C)CO[Si](c2ccccc2)(c2ccccc2)C(C)(C)C)c2cc(N3CCO[C@](CCC(=O)O)(NC(=O)OCc4ccccc4)C3)ccc2n1CC(F)(F)F. The molecule has 0 saturated carbocycles. The molecule has 2 N–H and O–H groups in total. The molecule has 4 aromatic carbocycles. The first-order chi connectivity index (χ1) is 32.7. The van der Waals surface area contributed by atoms with Crippen LogP contribution in [-0.4, -0.2) is 80.4 Å². The predicted octanol–water partition coefficient (Wildman–Crippen LogP) is 10.4. The number of carboxylic acid groups (broad SMARTS) is 1. The van der Waals surface area contributed by atoms with Crippen molar-refractivity contribution in [2.45, 2.75) is 97.0 Å². The lowest BCUT2D eigenvalue weighted by Gasteiger charge is -2.44. The van der Waals surface area contributed by atoms with Gasteiger partial charge in [0.1, 0.15) is 13.2 Å². The van der Waals surface area contributed by atoms with Crippen LogP contribution < -0.4 is 20.6 Å². The number of methoxy groups -OCH3 is 1. The number of anilines is 1. The molecule has 0 aliphatic carbocycles. The number of benzene rings is 4. The fourth-order valence-electron chi connectivity index (χ4n) is 9.64. The molecule has 1 aliphatic rings. The molecule has 69 heavy (non-hydrogen) atoms. The summed E-state index contributed by atoms with van der Waals surface area (Å²) in [5.41, 5.74) is 1.75. The number of aliphatic carboxylic acids is 1. The zero-order valence-electron chi connectivity index (χ0n) is 40.4. The fourth-order valence-corrected chi connectivity index (χ4v) is 14.4. The summed E-state index contributed by atoms with van der Waals surface area (Å²) in [5, 5.41) is 15.1. The van der Waals surface area contributed by atoms with Gasteiger partial charge in [0.15, 0.2) is 5.72 Å². The van der Waals surface area contributed by atoms with Crippen molar-refractivity contribution in [1.29, 1.82) is 0 Å². The highest BCUT2D eigenvalue weighted by Gasteiger charge is 2.51. The number of hydrogen-bond donors (Lipinski definition) is 2. The maximum atomic E-state index is 15.0. The molecule has 11 nitrogen and oxygen atoms in total. The Hall–Kier alpha value is -6.00. The van der Waals surface area contributed by atoms with E-state index in [1.165, 1.54) is 4.57 Å². The molecule has 2 atom stereocenters. The lowest BCUT2D eigenvalue weighted by Crippen LogP contribution is -2.67. The number of carbonyl (C=O) groups is 2. The van der Waals surface area contributed by atoms with E-state index in [9.17, 15) is 27.9 Å². The number of carboxylic acids is 1. The van der Waals surface area contributed by atoms with Crippen molar-refractivity contribution in [3.05, 3.63) is 144 Å². The first kappa shape index (κ1) is 50.9. The number of nitrogens with zero attached hydrogens (tertiary/aromatic N) is 3. The first-order valence-electron chi connectivity index (χ1n) is 23.3. The van der Waals surface area contributed by atoms with Crippen LogP contribution in [0.3, 0.4) is 0 Å². The summed E-state index contributed by atoms with van der Waals surface area (Å²) in [4.78, 5) is 31.9. The molecule has 1 saturated heterocycles. The van der Waals surface area contributed by atoms with Gasteiger partial charge in [-0.15, -0.1) is 0 Å². The van der Waals surface area contributed by atoms with Crippen molar-refractivity contribution in [2.75, 3.05) is 38.3 Å². The van der Waals surface area contributed by atoms with Crippen LogP contribution in [0.1, 0.15) is 77.3 Å². The number of amides is 1. The molecular formula is C54H63F3N4O7Si. The summed E-state index contributed by atoms with van der Waals surface area (Å²) < 4.78 is 71.3. The number of halogens is 3. The van der Waals surface area contributed by atoms with Crippen molar-refractivity contribution in [1.82, 2.24) is 14.9 Å². The molecule has 3 heterocycles. The first-order valence-corrected chi connectivity index (χ1v) is 25.2. The van der Waals surface area contributed by atoms with Gasteiger partial charge in [-0.1, -0.05) is 126 Å². The summed E-state index contributed by atoms with van der Waals surface area (Å²) in [6, 6.07) is 38.7. The molecular weight excluding hydrogens is 902 g/mol. The highest BCUT2D eigenvalue weighted by atomic mass is 28.4. The molecule has 2 aromatic heterocycles. The third-order valence-corrected chi connectivity index (χ3v) is 17.9. The van der Waals surface area contributed by atoms with Gasteiger partial charge in [-0.3, -0.25) is 15.1 Å². The maximum Gasteiger partial charge on any atom is 0.409 e. The number of hydrogen-bond acceptors (Lipinski definition) is 8. The van der Waals surface area contributed by atoms with Gasteiger partial charge >= 0.3 is 18.2 Å². The van der Waals surface area contributed by atoms with Gasteiger partial charge < -0.3 is 33.2 Å².